The van der Waals surface area contributed by atoms with Crippen LogP contribution in [0.15, 0.2) is 17.2 Å². The summed E-state index contributed by atoms with van der Waals surface area (Å²) in [5.41, 5.74) is 1.12. The standard InChI is InChI=1S/C13H19N3OS/c1-3-14-4-2-10(1)15-8-11-7-13-12(9-16-11)17-5-6-18-13/h7,9-10,14-15H,1-6,8H2. The summed E-state index contributed by atoms with van der Waals surface area (Å²) in [7, 11) is 0. The normalized spacial score (nSPS) is 20.2. The number of piperidine rings is 1. The minimum Gasteiger partial charge on any atom is -0.490 e. The van der Waals surface area contributed by atoms with Gasteiger partial charge in [-0.25, -0.2) is 0 Å². The van der Waals surface area contributed by atoms with Gasteiger partial charge in [0.05, 0.1) is 23.4 Å². The number of nitrogens with one attached hydrogen (secondary N) is 2. The Labute approximate surface area is 112 Å². The van der Waals surface area contributed by atoms with Crippen LogP contribution in [0.3, 0.4) is 0 Å². The van der Waals surface area contributed by atoms with Crippen molar-refractivity contribution < 1.29 is 4.74 Å². The Hall–Kier alpha value is -0.780. The van der Waals surface area contributed by atoms with Crippen molar-refractivity contribution in [3.05, 3.63) is 18.0 Å². The van der Waals surface area contributed by atoms with Crippen LogP contribution in [0.25, 0.3) is 0 Å². The first-order chi connectivity index (χ1) is 8.92. The molecule has 1 fully saturated rings. The van der Waals surface area contributed by atoms with E-state index in [1.807, 2.05) is 18.0 Å². The second-order valence-electron chi connectivity index (χ2n) is 4.72. The molecule has 0 bridgehead atoms. The van der Waals surface area contributed by atoms with Crippen LogP contribution in [-0.4, -0.2) is 36.5 Å². The first-order valence-electron chi connectivity index (χ1n) is 6.60. The maximum absolute atomic E-state index is 5.56. The van der Waals surface area contributed by atoms with Crippen molar-refractivity contribution in [2.45, 2.75) is 30.3 Å². The molecule has 0 amide bonds. The molecular formula is C13H19N3OS. The molecule has 2 aliphatic heterocycles. The van der Waals surface area contributed by atoms with Crippen LogP contribution in [0.5, 0.6) is 5.75 Å². The van der Waals surface area contributed by atoms with E-state index in [9.17, 15) is 0 Å². The topological polar surface area (TPSA) is 46.2 Å². The molecule has 1 saturated heterocycles. The average Bonchev–Trinajstić information content (AvgIpc) is 2.46. The lowest BCUT2D eigenvalue weighted by Gasteiger charge is -2.24. The van der Waals surface area contributed by atoms with Gasteiger partial charge >= 0.3 is 0 Å². The number of fused-ring (bicyclic) bond motifs is 1. The van der Waals surface area contributed by atoms with E-state index < -0.39 is 0 Å². The number of pyridine rings is 1. The largest absolute Gasteiger partial charge is 0.490 e. The van der Waals surface area contributed by atoms with E-state index in [1.54, 1.807) is 0 Å². The highest BCUT2D eigenvalue weighted by Gasteiger charge is 2.14. The number of hydrogen-bond donors (Lipinski definition) is 2. The molecule has 0 saturated carbocycles. The molecule has 3 rings (SSSR count). The third-order valence-electron chi connectivity index (χ3n) is 3.40. The highest BCUT2D eigenvalue weighted by atomic mass is 32.2. The van der Waals surface area contributed by atoms with E-state index in [2.05, 4.69) is 21.7 Å². The number of hydrogen-bond acceptors (Lipinski definition) is 5. The Balaban J connectivity index is 1.58. The fraction of sp³-hybridized carbons (Fsp3) is 0.615. The Bertz CT molecular complexity index is 407. The van der Waals surface area contributed by atoms with Crippen molar-refractivity contribution in [1.82, 2.24) is 15.6 Å². The molecule has 4 nitrogen and oxygen atoms in total. The predicted molar refractivity (Wildman–Crippen MR) is 73.2 cm³/mol. The first-order valence-corrected chi connectivity index (χ1v) is 7.59. The summed E-state index contributed by atoms with van der Waals surface area (Å²) in [4.78, 5) is 5.69. The van der Waals surface area contributed by atoms with Crippen LogP contribution in [0, 0.1) is 0 Å². The summed E-state index contributed by atoms with van der Waals surface area (Å²) in [6.45, 7) is 3.91. The summed E-state index contributed by atoms with van der Waals surface area (Å²) in [5, 5.41) is 6.97. The molecule has 0 aliphatic carbocycles. The lowest BCUT2D eigenvalue weighted by Crippen LogP contribution is -2.39. The van der Waals surface area contributed by atoms with Gasteiger partial charge in [-0.1, -0.05) is 0 Å². The van der Waals surface area contributed by atoms with Crippen molar-refractivity contribution in [2.75, 3.05) is 25.4 Å². The van der Waals surface area contributed by atoms with Gasteiger partial charge in [-0.05, 0) is 32.0 Å². The van der Waals surface area contributed by atoms with E-state index in [0.717, 1.165) is 43.4 Å². The van der Waals surface area contributed by atoms with Crippen LogP contribution in [0.4, 0.5) is 0 Å². The number of ether oxygens (including phenoxy) is 1. The summed E-state index contributed by atoms with van der Waals surface area (Å²) in [6.07, 6.45) is 4.28. The van der Waals surface area contributed by atoms with Crippen LogP contribution in [0.2, 0.25) is 0 Å². The molecule has 1 aromatic rings. The number of rotatable bonds is 3. The molecule has 2 aliphatic rings. The highest BCUT2D eigenvalue weighted by molar-refractivity contribution is 7.99. The van der Waals surface area contributed by atoms with Gasteiger partial charge in [0.15, 0.2) is 5.75 Å². The molecule has 0 spiro atoms. The molecule has 18 heavy (non-hydrogen) atoms. The maximum atomic E-state index is 5.56. The fourth-order valence-corrected chi connectivity index (χ4v) is 3.22. The van der Waals surface area contributed by atoms with Gasteiger partial charge in [-0.2, -0.15) is 0 Å². The highest BCUT2D eigenvalue weighted by Crippen LogP contribution is 2.32. The lowest BCUT2D eigenvalue weighted by atomic mass is 10.1. The molecule has 2 N–H and O–H groups in total. The average molecular weight is 265 g/mol. The van der Waals surface area contributed by atoms with Crippen LogP contribution in [0.1, 0.15) is 18.5 Å². The van der Waals surface area contributed by atoms with Gasteiger partial charge in [0, 0.05) is 18.3 Å². The third kappa shape index (κ3) is 2.96. The van der Waals surface area contributed by atoms with Crippen LogP contribution >= 0.6 is 11.8 Å². The van der Waals surface area contributed by atoms with Crippen molar-refractivity contribution >= 4 is 11.8 Å². The lowest BCUT2D eigenvalue weighted by molar-refractivity contribution is 0.327. The van der Waals surface area contributed by atoms with Gasteiger partial charge in [-0.3, -0.25) is 4.98 Å². The summed E-state index contributed by atoms with van der Waals surface area (Å²) in [6, 6.07) is 2.79. The smallest absolute Gasteiger partial charge is 0.151 e. The molecule has 3 heterocycles. The molecule has 0 unspecified atom stereocenters. The van der Waals surface area contributed by atoms with E-state index >= 15 is 0 Å². The number of aromatic nitrogens is 1. The van der Waals surface area contributed by atoms with Gasteiger partial charge in [0.1, 0.15) is 0 Å². The Kier molecular flexibility index (Phi) is 4.02. The molecule has 1 aromatic heterocycles. The fourth-order valence-electron chi connectivity index (χ4n) is 2.36. The Morgan fingerprint density at radius 1 is 1.44 bits per heavy atom. The van der Waals surface area contributed by atoms with Crippen molar-refractivity contribution in [1.29, 1.82) is 0 Å². The Morgan fingerprint density at radius 2 is 2.33 bits per heavy atom. The molecule has 5 heteroatoms. The zero-order valence-corrected chi connectivity index (χ0v) is 11.3. The summed E-state index contributed by atoms with van der Waals surface area (Å²) in [5.74, 6) is 1.98. The quantitative estimate of drug-likeness (QED) is 0.865. The predicted octanol–water partition coefficient (Wildman–Crippen LogP) is 1.41. The zero-order valence-electron chi connectivity index (χ0n) is 10.4. The van der Waals surface area contributed by atoms with E-state index in [-0.39, 0.29) is 0 Å². The summed E-state index contributed by atoms with van der Waals surface area (Å²) >= 11 is 1.86. The van der Waals surface area contributed by atoms with Crippen LogP contribution < -0.4 is 15.4 Å². The summed E-state index contributed by atoms with van der Waals surface area (Å²) < 4.78 is 5.56. The van der Waals surface area contributed by atoms with E-state index in [1.165, 1.54) is 17.7 Å². The monoisotopic (exact) mass is 265 g/mol. The minimum absolute atomic E-state index is 0.632. The minimum atomic E-state index is 0.632. The zero-order chi connectivity index (χ0) is 12.2. The molecule has 0 aromatic carbocycles. The second kappa shape index (κ2) is 5.91. The Morgan fingerprint density at radius 3 is 3.22 bits per heavy atom. The van der Waals surface area contributed by atoms with E-state index in [0.29, 0.717) is 6.04 Å². The first kappa shape index (κ1) is 12.3. The van der Waals surface area contributed by atoms with Crippen LogP contribution in [-0.2, 0) is 6.54 Å². The van der Waals surface area contributed by atoms with Crippen molar-refractivity contribution in [2.24, 2.45) is 0 Å². The van der Waals surface area contributed by atoms with Crippen molar-refractivity contribution in [3.63, 3.8) is 0 Å². The third-order valence-corrected chi connectivity index (χ3v) is 4.40. The second-order valence-corrected chi connectivity index (χ2v) is 5.86. The molecule has 0 atom stereocenters. The van der Waals surface area contributed by atoms with E-state index in [4.69, 9.17) is 4.74 Å². The molecule has 98 valence electrons. The van der Waals surface area contributed by atoms with Gasteiger partial charge in [0.25, 0.3) is 0 Å². The van der Waals surface area contributed by atoms with Gasteiger partial charge in [0.2, 0.25) is 0 Å². The number of nitrogens with zero attached hydrogens (tertiary/aromatic N) is 1. The SMILES string of the molecule is c1nc(CNC2CCNCC2)cc2c1OCCS2. The number of thioether (sulfide) groups is 1. The van der Waals surface area contributed by atoms with Gasteiger partial charge < -0.3 is 15.4 Å². The maximum Gasteiger partial charge on any atom is 0.151 e. The molecule has 0 radical (unpaired) electrons. The molecular weight excluding hydrogens is 246 g/mol. The van der Waals surface area contributed by atoms with Crippen molar-refractivity contribution in [3.8, 4) is 5.75 Å². The van der Waals surface area contributed by atoms with Gasteiger partial charge in [-0.15, -0.1) is 11.8 Å².